The zero-order valence-corrected chi connectivity index (χ0v) is 13.4. The second-order valence-electron chi connectivity index (χ2n) is 5.93. The van der Waals surface area contributed by atoms with Crippen LogP contribution in [-0.2, 0) is 6.42 Å². The lowest BCUT2D eigenvalue weighted by atomic mass is 10.0. The van der Waals surface area contributed by atoms with Crippen LogP contribution in [0.15, 0.2) is 24.3 Å². The molecule has 7 heteroatoms. The molecule has 23 heavy (non-hydrogen) atoms. The molecule has 0 atom stereocenters. The van der Waals surface area contributed by atoms with E-state index in [2.05, 4.69) is 37.9 Å². The summed E-state index contributed by atoms with van der Waals surface area (Å²) in [6.07, 6.45) is 0.950. The monoisotopic (exact) mass is 313 g/mol. The highest BCUT2D eigenvalue weighted by atomic mass is 15.2. The summed E-state index contributed by atoms with van der Waals surface area (Å²) >= 11 is 0. The molecule has 1 fully saturated rings. The van der Waals surface area contributed by atoms with Gasteiger partial charge in [0.2, 0.25) is 11.9 Å². The molecule has 2 heterocycles. The molecule has 1 aliphatic rings. The average Bonchev–Trinajstić information content (AvgIpc) is 2.54. The minimum absolute atomic E-state index is 0.154. The average molecular weight is 313 g/mol. The van der Waals surface area contributed by atoms with Gasteiger partial charge in [-0.15, -0.1) is 0 Å². The van der Waals surface area contributed by atoms with E-state index < -0.39 is 0 Å². The Balaban J connectivity index is 1.75. The van der Waals surface area contributed by atoms with Gasteiger partial charge in [-0.2, -0.15) is 15.0 Å². The topological polar surface area (TPSA) is 97.2 Å². The molecule has 1 aromatic carbocycles. The van der Waals surface area contributed by atoms with Crippen LogP contribution in [0.1, 0.15) is 5.56 Å². The van der Waals surface area contributed by atoms with Crippen molar-refractivity contribution in [3.8, 4) is 11.4 Å². The molecule has 122 valence electrons. The fourth-order valence-electron chi connectivity index (χ4n) is 2.84. The first kappa shape index (κ1) is 15.6. The van der Waals surface area contributed by atoms with Gasteiger partial charge in [-0.3, -0.25) is 0 Å². The number of aromatic nitrogens is 3. The zero-order valence-electron chi connectivity index (χ0n) is 13.4. The molecular formula is C16H23N7. The Morgan fingerprint density at radius 3 is 2.30 bits per heavy atom. The van der Waals surface area contributed by atoms with E-state index in [0.717, 1.165) is 44.7 Å². The third-order valence-electron chi connectivity index (χ3n) is 4.22. The summed E-state index contributed by atoms with van der Waals surface area (Å²) in [4.78, 5) is 17.1. The zero-order chi connectivity index (χ0) is 16.2. The van der Waals surface area contributed by atoms with Gasteiger partial charge in [0.1, 0.15) is 0 Å². The number of anilines is 2. The highest BCUT2D eigenvalue weighted by Gasteiger charge is 2.15. The Labute approximate surface area is 136 Å². The van der Waals surface area contributed by atoms with Crippen molar-refractivity contribution in [1.29, 1.82) is 0 Å². The van der Waals surface area contributed by atoms with Crippen molar-refractivity contribution in [3.05, 3.63) is 29.8 Å². The Kier molecular flexibility index (Phi) is 4.68. The Bertz CT molecular complexity index is 645. The standard InChI is InChI=1S/C16H23N7/c1-22-8-10-23(11-9-22)7-6-12-4-2-3-5-13(12)14-19-15(17)21-16(18)20-14/h2-5H,6-11H2,1H3,(H4,17,18,19,20,21). The summed E-state index contributed by atoms with van der Waals surface area (Å²) in [5.74, 6) is 0.853. The smallest absolute Gasteiger partial charge is 0.225 e. The van der Waals surface area contributed by atoms with Gasteiger partial charge in [0.15, 0.2) is 5.82 Å². The van der Waals surface area contributed by atoms with Crippen LogP contribution in [0.4, 0.5) is 11.9 Å². The number of nitrogens with zero attached hydrogens (tertiary/aromatic N) is 5. The van der Waals surface area contributed by atoms with Crippen molar-refractivity contribution < 1.29 is 0 Å². The quantitative estimate of drug-likeness (QED) is 0.848. The first-order valence-electron chi connectivity index (χ1n) is 7.88. The van der Waals surface area contributed by atoms with Crippen molar-refractivity contribution in [2.24, 2.45) is 0 Å². The van der Waals surface area contributed by atoms with Gasteiger partial charge in [-0.05, 0) is 19.0 Å². The van der Waals surface area contributed by atoms with Crippen LogP contribution in [0.3, 0.4) is 0 Å². The van der Waals surface area contributed by atoms with Crippen LogP contribution in [0.25, 0.3) is 11.4 Å². The maximum Gasteiger partial charge on any atom is 0.225 e. The molecule has 0 aliphatic carbocycles. The summed E-state index contributed by atoms with van der Waals surface area (Å²) in [7, 11) is 2.17. The first-order valence-corrected chi connectivity index (χ1v) is 7.88. The summed E-state index contributed by atoms with van der Waals surface area (Å²) in [6, 6.07) is 8.14. The number of nitrogens with two attached hydrogens (primary N) is 2. The normalized spacial score (nSPS) is 16.6. The van der Waals surface area contributed by atoms with E-state index >= 15 is 0 Å². The molecule has 1 saturated heterocycles. The van der Waals surface area contributed by atoms with Crippen molar-refractivity contribution >= 4 is 11.9 Å². The van der Waals surface area contributed by atoms with E-state index in [1.165, 1.54) is 5.56 Å². The predicted molar refractivity (Wildman–Crippen MR) is 91.7 cm³/mol. The van der Waals surface area contributed by atoms with Crippen molar-refractivity contribution in [3.63, 3.8) is 0 Å². The molecule has 0 saturated carbocycles. The number of hydrogen-bond donors (Lipinski definition) is 2. The second-order valence-corrected chi connectivity index (χ2v) is 5.93. The van der Waals surface area contributed by atoms with Gasteiger partial charge < -0.3 is 21.3 Å². The summed E-state index contributed by atoms with van der Waals surface area (Å²) < 4.78 is 0. The van der Waals surface area contributed by atoms with Crippen molar-refractivity contribution in [2.75, 3.05) is 51.2 Å². The van der Waals surface area contributed by atoms with Gasteiger partial charge in [0.05, 0.1) is 0 Å². The van der Waals surface area contributed by atoms with E-state index in [1.807, 2.05) is 18.2 Å². The van der Waals surface area contributed by atoms with Crippen LogP contribution in [0.5, 0.6) is 0 Å². The number of piperazine rings is 1. The van der Waals surface area contributed by atoms with Gasteiger partial charge in [0, 0.05) is 38.3 Å². The fourth-order valence-corrected chi connectivity index (χ4v) is 2.84. The van der Waals surface area contributed by atoms with Crippen LogP contribution < -0.4 is 11.5 Å². The molecule has 0 amide bonds. The van der Waals surface area contributed by atoms with Crippen LogP contribution in [0, 0.1) is 0 Å². The molecule has 2 aromatic rings. The number of hydrogen-bond acceptors (Lipinski definition) is 7. The van der Waals surface area contributed by atoms with Gasteiger partial charge in [-0.25, -0.2) is 0 Å². The lowest BCUT2D eigenvalue weighted by Crippen LogP contribution is -2.45. The lowest BCUT2D eigenvalue weighted by molar-refractivity contribution is 0.155. The van der Waals surface area contributed by atoms with E-state index in [0.29, 0.717) is 5.82 Å². The molecule has 0 radical (unpaired) electrons. The maximum atomic E-state index is 5.70. The Morgan fingerprint density at radius 1 is 0.957 bits per heavy atom. The van der Waals surface area contributed by atoms with E-state index in [-0.39, 0.29) is 11.9 Å². The molecule has 0 unspecified atom stereocenters. The SMILES string of the molecule is CN1CCN(CCc2ccccc2-c2nc(N)nc(N)n2)CC1. The number of benzene rings is 1. The first-order chi connectivity index (χ1) is 11.1. The van der Waals surface area contributed by atoms with E-state index in [1.54, 1.807) is 0 Å². The summed E-state index contributed by atoms with van der Waals surface area (Å²) in [5, 5.41) is 0. The predicted octanol–water partition coefficient (Wildman–Crippen LogP) is 0.493. The van der Waals surface area contributed by atoms with Crippen LogP contribution in [-0.4, -0.2) is 64.5 Å². The lowest BCUT2D eigenvalue weighted by Gasteiger charge is -2.32. The number of nitrogen functional groups attached to an aromatic ring is 2. The number of rotatable bonds is 4. The summed E-state index contributed by atoms with van der Waals surface area (Å²) in [5.41, 5.74) is 13.6. The van der Waals surface area contributed by atoms with Gasteiger partial charge in [0.25, 0.3) is 0 Å². The molecule has 0 spiro atoms. The fraction of sp³-hybridized carbons (Fsp3) is 0.438. The molecule has 1 aromatic heterocycles. The molecule has 7 nitrogen and oxygen atoms in total. The largest absolute Gasteiger partial charge is 0.368 e. The van der Waals surface area contributed by atoms with Crippen molar-refractivity contribution in [1.82, 2.24) is 24.8 Å². The maximum absolute atomic E-state index is 5.70. The second kappa shape index (κ2) is 6.89. The third kappa shape index (κ3) is 3.94. The molecule has 4 N–H and O–H groups in total. The Morgan fingerprint density at radius 2 is 1.61 bits per heavy atom. The minimum atomic E-state index is 0.154. The Hall–Kier alpha value is -2.25. The van der Waals surface area contributed by atoms with Gasteiger partial charge in [-0.1, -0.05) is 24.3 Å². The highest BCUT2D eigenvalue weighted by Crippen LogP contribution is 2.22. The van der Waals surface area contributed by atoms with Crippen molar-refractivity contribution in [2.45, 2.75) is 6.42 Å². The van der Waals surface area contributed by atoms with Crippen LogP contribution >= 0.6 is 0 Å². The molecule has 1 aliphatic heterocycles. The van der Waals surface area contributed by atoms with E-state index in [9.17, 15) is 0 Å². The third-order valence-corrected chi connectivity index (χ3v) is 4.22. The number of likely N-dealkylation sites (N-methyl/N-ethyl adjacent to an activating group) is 1. The highest BCUT2D eigenvalue weighted by molar-refractivity contribution is 5.61. The summed E-state index contributed by atoms with van der Waals surface area (Å²) in [6.45, 7) is 5.51. The van der Waals surface area contributed by atoms with E-state index in [4.69, 9.17) is 11.5 Å². The molecule has 3 rings (SSSR count). The minimum Gasteiger partial charge on any atom is -0.368 e. The molecular weight excluding hydrogens is 290 g/mol. The molecule has 0 bridgehead atoms. The van der Waals surface area contributed by atoms with Gasteiger partial charge >= 0.3 is 0 Å². The van der Waals surface area contributed by atoms with Crippen LogP contribution in [0.2, 0.25) is 0 Å².